The van der Waals surface area contributed by atoms with Gasteiger partial charge in [-0.25, -0.2) is 0 Å². The highest BCUT2D eigenvalue weighted by molar-refractivity contribution is 14.0. The lowest BCUT2D eigenvalue weighted by atomic mass is 9.98. The second-order valence-corrected chi connectivity index (χ2v) is 5.85. The molecule has 0 spiro atoms. The number of aliphatic imine (C=N–C) groups is 1. The van der Waals surface area contributed by atoms with Crippen molar-refractivity contribution in [1.29, 1.82) is 0 Å². The smallest absolute Gasteiger partial charge is 0.389 e. The minimum Gasteiger partial charge on any atom is -0.466 e. The standard InChI is InChI=1S/C16H28F3N3O2.HI/c1-3-20-15(21-10-6-5-9-16(17,18)19)22-11-7-8-13(12-22)14(23)24-4-2;/h13H,3-12H2,1-2H3,(H,20,21);1H. The molecule has 1 fully saturated rings. The van der Waals surface area contributed by atoms with E-state index in [2.05, 4.69) is 10.3 Å². The monoisotopic (exact) mass is 479 g/mol. The van der Waals surface area contributed by atoms with E-state index in [1.165, 1.54) is 0 Å². The molecule has 0 aliphatic carbocycles. The Kier molecular flexibility index (Phi) is 12.2. The molecule has 0 saturated carbocycles. The summed E-state index contributed by atoms with van der Waals surface area (Å²) in [5.41, 5.74) is 0. The summed E-state index contributed by atoms with van der Waals surface area (Å²) in [4.78, 5) is 18.3. The molecule has 1 heterocycles. The molecule has 5 nitrogen and oxygen atoms in total. The van der Waals surface area contributed by atoms with Crippen LogP contribution in [0.1, 0.15) is 46.0 Å². The van der Waals surface area contributed by atoms with Crippen molar-refractivity contribution in [3.8, 4) is 0 Å². The molecular weight excluding hydrogens is 450 g/mol. The van der Waals surface area contributed by atoms with Gasteiger partial charge in [0.1, 0.15) is 0 Å². The lowest BCUT2D eigenvalue weighted by Gasteiger charge is -2.34. The van der Waals surface area contributed by atoms with Crippen LogP contribution in [0.15, 0.2) is 4.99 Å². The minimum absolute atomic E-state index is 0. The number of ether oxygens (including phenoxy) is 1. The summed E-state index contributed by atoms with van der Waals surface area (Å²) in [6.07, 6.45) is -2.74. The molecule has 1 aliphatic rings. The number of hydrogen-bond acceptors (Lipinski definition) is 3. The number of rotatable bonds is 7. The number of unbranched alkanes of at least 4 members (excludes halogenated alkanes) is 1. The van der Waals surface area contributed by atoms with E-state index in [1.807, 2.05) is 11.8 Å². The van der Waals surface area contributed by atoms with Gasteiger partial charge in [-0.2, -0.15) is 13.2 Å². The number of likely N-dealkylation sites (tertiary alicyclic amines) is 1. The van der Waals surface area contributed by atoms with Gasteiger partial charge in [-0.3, -0.25) is 9.79 Å². The summed E-state index contributed by atoms with van der Waals surface area (Å²) in [7, 11) is 0. The normalized spacial score (nSPS) is 18.5. The fourth-order valence-corrected chi connectivity index (χ4v) is 2.67. The van der Waals surface area contributed by atoms with Crippen LogP contribution < -0.4 is 5.32 Å². The SMILES string of the molecule is CCNC(=NCCCCC(F)(F)F)N1CCCC(C(=O)OCC)C1.I. The van der Waals surface area contributed by atoms with Crippen LogP contribution in [0.5, 0.6) is 0 Å². The van der Waals surface area contributed by atoms with Crippen molar-refractivity contribution in [3.05, 3.63) is 0 Å². The van der Waals surface area contributed by atoms with Crippen LogP contribution in [0.3, 0.4) is 0 Å². The van der Waals surface area contributed by atoms with Crippen molar-refractivity contribution < 1.29 is 22.7 Å². The highest BCUT2D eigenvalue weighted by atomic mass is 127. The van der Waals surface area contributed by atoms with E-state index in [4.69, 9.17) is 4.74 Å². The number of carbonyl (C=O) groups excluding carboxylic acids is 1. The van der Waals surface area contributed by atoms with Crippen molar-refractivity contribution in [3.63, 3.8) is 0 Å². The zero-order valence-electron chi connectivity index (χ0n) is 14.9. The highest BCUT2D eigenvalue weighted by Crippen LogP contribution is 2.22. The largest absolute Gasteiger partial charge is 0.466 e. The molecule has 1 aliphatic heterocycles. The maximum atomic E-state index is 12.1. The Hall–Kier alpha value is -0.740. The van der Waals surface area contributed by atoms with Crippen molar-refractivity contribution in [2.45, 2.75) is 52.1 Å². The van der Waals surface area contributed by atoms with E-state index < -0.39 is 12.6 Å². The summed E-state index contributed by atoms with van der Waals surface area (Å²) >= 11 is 0. The molecule has 1 unspecified atom stereocenters. The topological polar surface area (TPSA) is 53.9 Å². The van der Waals surface area contributed by atoms with Crippen LogP contribution in [0, 0.1) is 5.92 Å². The second-order valence-electron chi connectivity index (χ2n) is 5.85. The highest BCUT2D eigenvalue weighted by Gasteiger charge is 2.28. The van der Waals surface area contributed by atoms with Crippen molar-refractivity contribution in [2.75, 3.05) is 32.8 Å². The van der Waals surface area contributed by atoms with Gasteiger partial charge in [-0.05, 0) is 39.5 Å². The van der Waals surface area contributed by atoms with Gasteiger partial charge in [0, 0.05) is 32.6 Å². The number of nitrogens with one attached hydrogen (secondary N) is 1. The molecule has 0 radical (unpaired) electrons. The Morgan fingerprint density at radius 1 is 1.32 bits per heavy atom. The van der Waals surface area contributed by atoms with Crippen molar-refractivity contribution in [2.24, 2.45) is 10.9 Å². The van der Waals surface area contributed by atoms with Gasteiger partial charge in [-0.1, -0.05) is 0 Å². The summed E-state index contributed by atoms with van der Waals surface area (Å²) in [6, 6.07) is 0. The Morgan fingerprint density at radius 2 is 2.04 bits per heavy atom. The first-order valence-corrected chi connectivity index (χ1v) is 8.64. The number of piperidine rings is 1. The van der Waals surface area contributed by atoms with Gasteiger partial charge < -0.3 is 15.0 Å². The first-order chi connectivity index (χ1) is 11.4. The number of nitrogens with zero attached hydrogens (tertiary/aromatic N) is 2. The van der Waals surface area contributed by atoms with E-state index in [9.17, 15) is 18.0 Å². The number of alkyl halides is 3. The third kappa shape index (κ3) is 10.1. The fraction of sp³-hybridized carbons (Fsp3) is 0.875. The number of carbonyl (C=O) groups is 1. The van der Waals surface area contributed by atoms with Crippen LogP contribution >= 0.6 is 24.0 Å². The van der Waals surface area contributed by atoms with Crippen LogP contribution in [-0.4, -0.2) is 55.8 Å². The van der Waals surface area contributed by atoms with E-state index in [-0.39, 0.29) is 42.3 Å². The quantitative estimate of drug-likeness (QED) is 0.200. The average molecular weight is 479 g/mol. The number of halogens is 4. The summed E-state index contributed by atoms with van der Waals surface area (Å²) in [6.45, 7) is 6.41. The molecular formula is C16H29F3IN3O2. The molecule has 0 bridgehead atoms. The Morgan fingerprint density at radius 3 is 2.64 bits per heavy atom. The molecule has 148 valence electrons. The first-order valence-electron chi connectivity index (χ1n) is 8.64. The molecule has 0 amide bonds. The summed E-state index contributed by atoms with van der Waals surface area (Å²) in [5.74, 6) is 0.300. The number of esters is 1. The lowest BCUT2D eigenvalue weighted by Crippen LogP contribution is -2.48. The van der Waals surface area contributed by atoms with Crippen molar-refractivity contribution >= 4 is 35.9 Å². The molecule has 1 atom stereocenters. The van der Waals surface area contributed by atoms with E-state index >= 15 is 0 Å². The number of guanidine groups is 1. The van der Waals surface area contributed by atoms with Crippen LogP contribution in [-0.2, 0) is 9.53 Å². The zero-order chi connectivity index (χ0) is 18.0. The van der Waals surface area contributed by atoms with Gasteiger partial charge in [0.15, 0.2) is 5.96 Å². The van der Waals surface area contributed by atoms with E-state index in [1.54, 1.807) is 6.92 Å². The predicted molar refractivity (Wildman–Crippen MR) is 102 cm³/mol. The summed E-state index contributed by atoms with van der Waals surface area (Å²) in [5, 5.41) is 3.15. The van der Waals surface area contributed by atoms with Gasteiger partial charge in [-0.15, -0.1) is 24.0 Å². The first kappa shape index (κ1) is 24.3. The average Bonchev–Trinajstić information content (AvgIpc) is 2.53. The molecule has 0 aromatic carbocycles. The Labute approximate surface area is 164 Å². The van der Waals surface area contributed by atoms with E-state index in [0.29, 0.717) is 38.6 Å². The van der Waals surface area contributed by atoms with Crippen LogP contribution in [0.4, 0.5) is 13.2 Å². The van der Waals surface area contributed by atoms with Crippen molar-refractivity contribution in [1.82, 2.24) is 10.2 Å². The summed E-state index contributed by atoms with van der Waals surface area (Å²) < 4.78 is 41.5. The van der Waals surface area contributed by atoms with E-state index in [0.717, 1.165) is 19.4 Å². The maximum Gasteiger partial charge on any atom is 0.389 e. The fourth-order valence-electron chi connectivity index (χ4n) is 2.67. The molecule has 1 rings (SSSR count). The Balaban J connectivity index is 0.00000576. The minimum atomic E-state index is -4.10. The molecule has 9 heteroatoms. The van der Waals surface area contributed by atoms with Crippen LogP contribution in [0.2, 0.25) is 0 Å². The number of hydrogen-bond donors (Lipinski definition) is 1. The van der Waals surface area contributed by atoms with Crippen LogP contribution in [0.25, 0.3) is 0 Å². The molecule has 1 N–H and O–H groups in total. The molecule has 0 aromatic heterocycles. The third-order valence-corrected chi connectivity index (χ3v) is 3.81. The van der Waals surface area contributed by atoms with Gasteiger partial charge in [0.2, 0.25) is 0 Å². The maximum absolute atomic E-state index is 12.1. The lowest BCUT2D eigenvalue weighted by molar-refractivity contribution is -0.149. The molecule has 1 saturated heterocycles. The predicted octanol–water partition coefficient (Wildman–Crippen LogP) is 3.58. The van der Waals surface area contributed by atoms with Gasteiger partial charge >= 0.3 is 12.1 Å². The zero-order valence-corrected chi connectivity index (χ0v) is 17.2. The van der Waals surface area contributed by atoms with Gasteiger partial charge in [0.25, 0.3) is 0 Å². The molecule has 0 aromatic rings. The second kappa shape index (κ2) is 12.6. The Bertz CT molecular complexity index is 420. The molecule has 25 heavy (non-hydrogen) atoms. The third-order valence-electron chi connectivity index (χ3n) is 3.81. The van der Waals surface area contributed by atoms with Gasteiger partial charge in [0.05, 0.1) is 12.5 Å².